The van der Waals surface area contributed by atoms with E-state index in [4.69, 9.17) is 21.3 Å². The zero-order chi connectivity index (χ0) is 18.4. The number of nitrogens with one attached hydrogen (secondary N) is 2. The Kier molecular flexibility index (Phi) is 5.94. The molecular weight excluding hydrogens is 372 g/mol. The second kappa shape index (κ2) is 7.95. The highest BCUT2D eigenvalue weighted by Crippen LogP contribution is 2.31. The summed E-state index contributed by atoms with van der Waals surface area (Å²) in [6.07, 6.45) is -0.878. The molecule has 25 heavy (non-hydrogen) atoms. The van der Waals surface area contributed by atoms with Gasteiger partial charge in [-0.1, -0.05) is 0 Å². The minimum absolute atomic E-state index is 0.0119. The van der Waals surface area contributed by atoms with Gasteiger partial charge in [-0.25, -0.2) is 13.2 Å². The molecule has 10 heteroatoms. The lowest BCUT2D eigenvalue weighted by atomic mass is 10.3. The van der Waals surface area contributed by atoms with E-state index in [0.29, 0.717) is 17.2 Å². The monoisotopic (exact) mass is 386 g/mol. The Morgan fingerprint density at radius 2 is 1.72 bits per heavy atom. The van der Waals surface area contributed by atoms with Crippen LogP contribution in [0.1, 0.15) is 0 Å². The topological polar surface area (TPSA) is 103 Å². The molecule has 2 N–H and O–H groups in total. The summed E-state index contributed by atoms with van der Waals surface area (Å²) in [5.74, 6) is 0.810. The van der Waals surface area contributed by atoms with Gasteiger partial charge in [-0.05, 0) is 36.4 Å². The Morgan fingerprint density at radius 3 is 2.28 bits per heavy atom. The number of amides is 1. The van der Waals surface area contributed by atoms with Gasteiger partial charge in [-0.3, -0.25) is 10.0 Å². The largest absolute Gasteiger partial charge is 0.497 e. The van der Waals surface area contributed by atoms with E-state index in [-0.39, 0.29) is 10.6 Å². The Bertz CT molecular complexity index is 855. The highest BCUT2D eigenvalue weighted by Gasteiger charge is 2.17. The first kappa shape index (κ1) is 18.7. The van der Waals surface area contributed by atoms with Crippen molar-refractivity contribution in [3.63, 3.8) is 0 Å². The van der Waals surface area contributed by atoms with Gasteiger partial charge in [-0.15, -0.1) is 0 Å². The molecule has 2 aromatic carbocycles. The number of sulfonamides is 1. The normalized spacial score (nSPS) is 10.7. The van der Waals surface area contributed by atoms with Crippen LogP contribution in [0.25, 0.3) is 0 Å². The Morgan fingerprint density at radius 1 is 1.04 bits per heavy atom. The van der Waals surface area contributed by atoms with Crippen LogP contribution in [0.4, 0.5) is 16.2 Å². The molecule has 0 aliphatic rings. The van der Waals surface area contributed by atoms with Crippen LogP contribution in [0.5, 0.6) is 11.5 Å². The summed E-state index contributed by atoms with van der Waals surface area (Å²) in [5.41, 5.74) is 0.554. The summed E-state index contributed by atoms with van der Waals surface area (Å²) >= 11 is 4.91. The van der Waals surface area contributed by atoms with Crippen LogP contribution in [0.3, 0.4) is 0 Å². The molecule has 0 aliphatic heterocycles. The van der Waals surface area contributed by atoms with Crippen molar-refractivity contribution in [2.45, 2.75) is 4.90 Å². The predicted octanol–water partition coefficient (Wildman–Crippen LogP) is 3.21. The maximum atomic E-state index is 12.5. The second-order valence-electron chi connectivity index (χ2n) is 4.69. The maximum Gasteiger partial charge on any atom is 0.429 e. The molecule has 0 radical (unpaired) electrons. The summed E-state index contributed by atoms with van der Waals surface area (Å²) in [6.45, 7) is 0. The number of hydrogen-bond donors (Lipinski definition) is 2. The number of carbonyl (C=O) groups is 1. The molecule has 0 bridgehead atoms. The van der Waals surface area contributed by atoms with Gasteiger partial charge < -0.3 is 13.8 Å². The predicted molar refractivity (Wildman–Crippen MR) is 92.8 cm³/mol. The minimum atomic E-state index is -3.88. The quantitative estimate of drug-likeness (QED) is 0.790. The molecule has 134 valence electrons. The number of anilines is 2. The lowest BCUT2D eigenvalue weighted by molar-refractivity contribution is 0.219. The summed E-state index contributed by atoms with van der Waals surface area (Å²) in [6, 6.07) is 10.2. The van der Waals surface area contributed by atoms with Crippen molar-refractivity contribution in [2.75, 3.05) is 24.3 Å². The van der Waals surface area contributed by atoms with Crippen LogP contribution < -0.4 is 19.5 Å². The zero-order valence-corrected chi connectivity index (χ0v) is 14.8. The van der Waals surface area contributed by atoms with Gasteiger partial charge in [0.25, 0.3) is 10.0 Å². The van der Waals surface area contributed by atoms with Gasteiger partial charge in [0.2, 0.25) is 0 Å². The molecule has 0 spiro atoms. The van der Waals surface area contributed by atoms with Crippen molar-refractivity contribution in [1.82, 2.24) is 0 Å². The molecule has 0 aliphatic carbocycles. The van der Waals surface area contributed by atoms with Crippen molar-refractivity contribution in [3.8, 4) is 11.5 Å². The van der Waals surface area contributed by atoms with Crippen molar-refractivity contribution in [1.29, 1.82) is 0 Å². The van der Waals surface area contributed by atoms with Gasteiger partial charge >= 0.3 is 6.09 Å². The van der Waals surface area contributed by atoms with Gasteiger partial charge in [0.15, 0.2) is 0 Å². The minimum Gasteiger partial charge on any atom is -0.497 e. The molecule has 8 nitrogen and oxygen atoms in total. The number of ether oxygens (including phenoxy) is 2. The Labute approximate surface area is 149 Å². The van der Waals surface area contributed by atoms with Crippen molar-refractivity contribution in [2.24, 2.45) is 0 Å². The average Bonchev–Trinajstić information content (AvgIpc) is 2.61. The second-order valence-corrected chi connectivity index (χ2v) is 6.52. The van der Waals surface area contributed by atoms with Crippen LogP contribution in [-0.2, 0) is 14.3 Å². The van der Waals surface area contributed by atoms with Crippen molar-refractivity contribution < 1.29 is 27.0 Å². The third-order valence-corrected chi connectivity index (χ3v) is 4.65. The van der Waals surface area contributed by atoms with E-state index in [2.05, 4.69) is 14.3 Å². The van der Waals surface area contributed by atoms with Gasteiger partial charge in [-0.2, -0.15) is 0 Å². The van der Waals surface area contributed by atoms with Crippen molar-refractivity contribution in [3.05, 3.63) is 42.5 Å². The summed E-state index contributed by atoms with van der Waals surface area (Å²) in [4.78, 5) is 11.0. The smallest absolute Gasteiger partial charge is 0.429 e. The molecule has 0 atom stereocenters. The number of rotatable bonds is 6. The summed E-state index contributed by atoms with van der Waals surface area (Å²) in [5, 5.41) is 2.31. The van der Waals surface area contributed by atoms with Crippen LogP contribution >= 0.6 is 11.9 Å². The fourth-order valence-corrected chi connectivity index (χ4v) is 3.05. The number of halogens is 1. The summed E-state index contributed by atoms with van der Waals surface area (Å²) < 4.78 is 41.6. The SMILES string of the molecule is COc1ccc(OC)c(NS(=O)(=O)c2ccc(NC(=O)OCl)cc2)c1. The average molecular weight is 387 g/mol. The molecule has 2 aromatic rings. The lowest BCUT2D eigenvalue weighted by Gasteiger charge is -2.13. The van der Waals surface area contributed by atoms with E-state index in [0.717, 1.165) is 0 Å². The van der Waals surface area contributed by atoms with Gasteiger partial charge in [0.1, 0.15) is 23.4 Å². The Balaban J connectivity index is 2.26. The first-order valence-electron chi connectivity index (χ1n) is 6.84. The van der Waals surface area contributed by atoms with E-state index in [1.54, 1.807) is 12.1 Å². The van der Waals surface area contributed by atoms with Gasteiger partial charge in [0.05, 0.1) is 24.8 Å². The van der Waals surface area contributed by atoms with E-state index in [1.807, 2.05) is 0 Å². The third kappa shape index (κ3) is 4.68. The van der Waals surface area contributed by atoms with E-state index in [9.17, 15) is 13.2 Å². The van der Waals surface area contributed by atoms with Crippen LogP contribution in [0.2, 0.25) is 0 Å². The summed E-state index contributed by atoms with van der Waals surface area (Å²) in [7, 11) is -0.981. The lowest BCUT2D eigenvalue weighted by Crippen LogP contribution is -2.14. The molecule has 2 rings (SSSR count). The highest BCUT2D eigenvalue weighted by molar-refractivity contribution is 7.92. The molecule has 0 aromatic heterocycles. The number of benzene rings is 2. The first-order valence-corrected chi connectivity index (χ1v) is 8.63. The number of methoxy groups -OCH3 is 2. The maximum absolute atomic E-state index is 12.5. The Hall–Kier alpha value is -2.65. The van der Waals surface area contributed by atoms with Crippen LogP contribution in [-0.4, -0.2) is 28.7 Å². The van der Waals surface area contributed by atoms with E-state index in [1.165, 1.54) is 44.6 Å². The number of hydrogen-bond acceptors (Lipinski definition) is 6. The molecule has 0 fully saturated rings. The van der Waals surface area contributed by atoms with Crippen LogP contribution in [0, 0.1) is 0 Å². The zero-order valence-electron chi connectivity index (χ0n) is 13.3. The molecule has 0 saturated carbocycles. The third-order valence-electron chi connectivity index (χ3n) is 3.13. The molecule has 0 unspecified atom stereocenters. The van der Waals surface area contributed by atoms with Crippen LogP contribution in [0.15, 0.2) is 47.4 Å². The molecule has 1 amide bonds. The standard InChI is InChI=1S/C15H15ClN2O6S/c1-22-11-5-8-14(23-2)13(9-11)18-25(20,21)12-6-3-10(4-7-12)17-15(19)24-16/h3-9,18H,1-2H3,(H,17,19). The molecule has 0 saturated heterocycles. The van der Waals surface area contributed by atoms with E-state index >= 15 is 0 Å². The first-order chi connectivity index (χ1) is 11.9. The van der Waals surface area contributed by atoms with Crippen molar-refractivity contribution >= 4 is 39.4 Å². The molecule has 0 heterocycles. The van der Waals surface area contributed by atoms with Gasteiger partial charge in [0, 0.05) is 11.8 Å². The highest BCUT2D eigenvalue weighted by atomic mass is 35.5. The fraction of sp³-hybridized carbons (Fsp3) is 0.133. The number of carbonyl (C=O) groups excluding carboxylic acids is 1. The molecular formula is C15H15ClN2O6S. The fourth-order valence-electron chi connectivity index (χ4n) is 1.95. The van der Waals surface area contributed by atoms with E-state index < -0.39 is 16.1 Å².